The van der Waals surface area contributed by atoms with Crippen LogP contribution in [0.25, 0.3) is 6.08 Å². The van der Waals surface area contributed by atoms with Crippen molar-refractivity contribution in [1.29, 1.82) is 0 Å². The first-order chi connectivity index (χ1) is 39.4. The second-order valence-corrected chi connectivity index (χ2v) is 25.8. The number of hydrogen-bond donors (Lipinski definition) is 6. The van der Waals surface area contributed by atoms with Gasteiger partial charge >= 0.3 is 12.1 Å². The van der Waals surface area contributed by atoms with Gasteiger partial charge in [0.15, 0.2) is 5.82 Å². The number of cyclic esters (lactones) is 2. The maximum Gasteiger partial charge on any atom is 0.417 e. The highest BCUT2D eigenvalue weighted by Crippen LogP contribution is 2.24. The van der Waals surface area contributed by atoms with Crippen LogP contribution in [0.1, 0.15) is 148 Å². The van der Waals surface area contributed by atoms with Gasteiger partial charge in [0.2, 0.25) is 41.4 Å². The first-order valence-electron chi connectivity index (χ1n) is 30.1. The van der Waals surface area contributed by atoms with Crippen molar-refractivity contribution in [2.75, 3.05) is 48.8 Å². The van der Waals surface area contributed by atoms with Gasteiger partial charge in [0, 0.05) is 47.6 Å². The van der Waals surface area contributed by atoms with E-state index in [9.17, 15) is 48.6 Å². The molecule has 8 amide bonds. The SMILES string of the molecule is CC(C)C[C@@H]1C(=O)N[C@H](CC(C)C)C(=O)N(C)C(C(C)C)C(=O)N(C)C([C@H](O)[C@H](C)C/C=C/c2ncccn2)C(=O)NC([C@@H](C)O)C(=O)N(C)CC(=O)N(C)[C@@H](CC(C)C)C(=O)N[C@H](CC(C)C)N(C)[C@H](CC(C)C)N[C@H](C)C(=O)OC(=O)N1C. The van der Waals surface area contributed by atoms with Gasteiger partial charge in [-0.15, -0.1) is 0 Å². The van der Waals surface area contributed by atoms with Gasteiger partial charge < -0.3 is 50.5 Å². The molecule has 0 aromatic carbocycles. The summed E-state index contributed by atoms with van der Waals surface area (Å²) in [5.74, 6) is -7.56. The Labute approximate surface area is 506 Å². The van der Waals surface area contributed by atoms with E-state index >= 15 is 4.79 Å². The van der Waals surface area contributed by atoms with Gasteiger partial charge in [-0.2, -0.15) is 0 Å². The van der Waals surface area contributed by atoms with E-state index in [0.29, 0.717) is 18.7 Å². The first kappa shape index (κ1) is 75.0. The Morgan fingerprint density at radius 2 is 1.08 bits per heavy atom. The lowest BCUT2D eigenvalue weighted by Gasteiger charge is -2.40. The van der Waals surface area contributed by atoms with Crippen LogP contribution in [0.5, 0.6) is 0 Å². The zero-order valence-corrected chi connectivity index (χ0v) is 54.8. The number of aromatic nitrogens is 2. The molecule has 85 heavy (non-hydrogen) atoms. The molecule has 0 aliphatic carbocycles. The number of ether oxygens (including phenoxy) is 1. The highest BCUT2D eigenvalue weighted by atomic mass is 16.6. The molecule has 2 rings (SSSR count). The van der Waals surface area contributed by atoms with Crippen LogP contribution in [-0.2, 0) is 43.1 Å². The molecule has 1 saturated heterocycles. The fourth-order valence-corrected chi connectivity index (χ4v) is 10.4. The number of likely N-dealkylation sites (N-methyl/N-ethyl adjacent to an activating group) is 5. The standard InChI is InChI=1S/C61H106N12O12/c1-34(2)28-43-57(80)72(20)51(39(11)12)59(82)73(21)52(53(76)40(13)24-22-25-46-62-26-23-27-63-46)56(79)67-50(42(15)74)58(81)68(16)33-49(75)69(17)44(29-35(3)4)55(78)66-48(32-38(9)10)71(19)47(31-37(7)8)64-41(14)60(83)85-61(84)70(18)45(30-36(5)6)54(77)65-43/h22-23,25-27,34-45,47-48,50-53,64,74,76H,24,28-33H2,1-21H3,(H,65,77)(H,66,78)(H,67,79)/b25-22+/t40-,41-,42-,43-,44+,45-,47-,48+,50?,51?,52?,53-/m1/s1. The molecule has 1 aliphatic rings. The molecule has 0 radical (unpaired) electrons. The van der Waals surface area contributed by atoms with E-state index in [-0.39, 0.29) is 55.3 Å². The molecule has 0 bridgehead atoms. The van der Waals surface area contributed by atoms with E-state index < -0.39 is 139 Å². The second-order valence-electron chi connectivity index (χ2n) is 25.8. The smallest absolute Gasteiger partial charge is 0.391 e. The lowest BCUT2D eigenvalue weighted by molar-refractivity contribution is -0.155. The van der Waals surface area contributed by atoms with Crippen LogP contribution < -0.4 is 21.3 Å². The van der Waals surface area contributed by atoms with Gasteiger partial charge in [0.1, 0.15) is 42.3 Å². The zero-order valence-electron chi connectivity index (χ0n) is 54.8. The second kappa shape index (κ2) is 34.9. The molecule has 6 N–H and O–H groups in total. The summed E-state index contributed by atoms with van der Waals surface area (Å²) < 4.78 is 5.48. The van der Waals surface area contributed by atoms with Crippen molar-refractivity contribution in [1.82, 2.24) is 60.6 Å². The highest BCUT2D eigenvalue weighted by Gasteiger charge is 2.45. The molecular weight excluding hydrogens is 1090 g/mol. The van der Waals surface area contributed by atoms with Gasteiger partial charge in [-0.3, -0.25) is 48.7 Å². The highest BCUT2D eigenvalue weighted by molar-refractivity contribution is 5.98. The van der Waals surface area contributed by atoms with Gasteiger partial charge in [-0.25, -0.2) is 19.6 Å². The third-order valence-corrected chi connectivity index (χ3v) is 15.3. The quantitative estimate of drug-likeness (QED) is 0.0957. The predicted molar refractivity (Wildman–Crippen MR) is 325 cm³/mol. The fraction of sp³-hybridized carbons (Fsp3) is 0.754. The maximum atomic E-state index is 15.2. The molecule has 1 aromatic rings. The van der Waals surface area contributed by atoms with Crippen molar-refractivity contribution in [3.63, 3.8) is 0 Å². The molecule has 24 heteroatoms. The Bertz CT molecular complexity index is 2390. The molecule has 24 nitrogen and oxygen atoms in total. The van der Waals surface area contributed by atoms with Crippen LogP contribution in [-0.4, -0.2) is 219 Å². The molecule has 1 fully saturated rings. The minimum Gasteiger partial charge on any atom is -0.391 e. The number of rotatable bonds is 17. The number of hydrogen-bond acceptors (Lipinski definition) is 16. The van der Waals surface area contributed by atoms with Gasteiger partial charge in [0.25, 0.3) is 0 Å². The number of aliphatic hydroxyl groups excluding tert-OH is 2. The number of carbonyl (C=O) groups excluding carboxylic acids is 9. The van der Waals surface area contributed by atoms with Crippen molar-refractivity contribution < 1.29 is 58.1 Å². The van der Waals surface area contributed by atoms with Crippen LogP contribution in [0.3, 0.4) is 0 Å². The summed E-state index contributed by atoms with van der Waals surface area (Å²) in [4.78, 5) is 147. The zero-order chi connectivity index (χ0) is 65.1. The average Bonchev–Trinajstić information content (AvgIpc) is 2.48. The van der Waals surface area contributed by atoms with Crippen molar-refractivity contribution in [3.05, 3.63) is 30.4 Å². The first-order valence-corrected chi connectivity index (χ1v) is 30.1. The fourth-order valence-electron chi connectivity index (χ4n) is 10.4. The van der Waals surface area contributed by atoms with E-state index in [2.05, 4.69) is 31.2 Å². The summed E-state index contributed by atoms with van der Waals surface area (Å²) in [5, 5.41) is 35.4. The van der Waals surface area contributed by atoms with Crippen molar-refractivity contribution in [2.45, 2.75) is 209 Å². The molecule has 1 aromatic heterocycles. The van der Waals surface area contributed by atoms with E-state index in [4.69, 9.17) is 4.74 Å². The van der Waals surface area contributed by atoms with E-state index in [1.807, 2.05) is 74.1 Å². The molecule has 2 heterocycles. The Morgan fingerprint density at radius 3 is 1.59 bits per heavy atom. The van der Waals surface area contributed by atoms with Crippen LogP contribution >= 0.6 is 0 Å². The van der Waals surface area contributed by atoms with E-state index in [1.54, 1.807) is 65.4 Å². The summed E-state index contributed by atoms with van der Waals surface area (Å²) >= 11 is 0. The largest absolute Gasteiger partial charge is 0.417 e. The van der Waals surface area contributed by atoms with Crippen LogP contribution in [0.4, 0.5) is 4.79 Å². The van der Waals surface area contributed by atoms with Crippen LogP contribution in [0.2, 0.25) is 0 Å². The normalized spacial score (nSPS) is 26.1. The van der Waals surface area contributed by atoms with Gasteiger partial charge in [0.05, 0.1) is 31.1 Å². The lowest BCUT2D eigenvalue weighted by Crippen LogP contribution is -2.64. The topological polar surface area (TPSA) is 297 Å². The number of allylic oxidation sites excluding steroid dienone is 1. The number of carbonyl (C=O) groups is 9. The third-order valence-electron chi connectivity index (χ3n) is 15.3. The number of nitrogens with one attached hydrogen (secondary N) is 4. The molecule has 1 aliphatic heterocycles. The number of amides is 8. The van der Waals surface area contributed by atoms with Crippen molar-refractivity contribution in [3.8, 4) is 0 Å². The molecule has 0 spiro atoms. The lowest BCUT2D eigenvalue weighted by atomic mass is 9.91. The maximum absolute atomic E-state index is 15.2. The van der Waals surface area contributed by atoms with Crippen molar-refractivity contribution in [2.24, 2.45) is 41.4 Å². The number of nitrogens with zero attached hydrogens (tertiary/aromatic N) is 8. The van der Waals surface area contributed by atoms with Gasteiger partial charge in [-0.1, -0.05) is 96.1 Å². The Balaban J connectivity index is 2.98. The molecule has 482 valence electrons. The minimum absolute atomic E-state index is 0.0452. The van der Waals surface area contributed by atoms with Crippen LogP contribution in [0.15, 0.2) is 24.5 Å². The molecule has 3 unspecified atom stereocenters. The summed E-state index contributed by atoms with van der Waals surface area (Å²) in [6, 6.07) is -7.79. The summed E-state index contributed by atoms with van der Waals surface area (Å²) in [5.41, 5.74) is 0. The van der Waals surface area contributed by atoms with Gasteiger partial charge in [-0.05, 0) is 113 Å². The minimum atomic E-state index is -1.76. The Morgan fingerprint density at radius 1 is 0.588 bits per heavy atom. The molecule has 12 atom stereocenters. The van der Waals surface area contributed by atoms with E-state index in [0.717, 1.165) is 14.7 Å². The monoisotopic (exact) mass is 1200 g/mol. The third kappa shape index (κ3) is 22.9. The molecular formula is C61H106N12O12. The summed E-state index contributed by atoms with van der Waals surface area (Å²) in [6.45, 7) is 26.4. The average molecular weight is 1200 g/mol. The molecule has 0 saturated carbocycles. The Kier molecular flexibility index (Phi) is 30.8. The van der Waals surface area contributed by atoms with Crippen LogP contribution in [0, 0.1) is 41.4 Å². The number of esters is 1. The summed E-state index contributed by atoms with van der Waals surface area (Å²) in [7, 11) is 8.57. The summed E-state index contributed by atoms with van der Waals surface area (Å²) in [6.07, 6.45) is 2.33. The van der Waals surface area contributed by atoms with E-state index in [1.165, 1.54) is 52.0 Å². The Hall–Kier alpha value is -6.11. The predicted octanol–water partition coefficient (Wildman–Crippen LogP) is 3.71. The van der Waals surface area contributed by atoms with Crippen molar-refractivity contribution >= 4 is 59.5 Å². The number of aliphatic hydroxyl groups is 2.